The van der Waals surface area contributed by atoms with Crippen molar-refractivity contribution in [3.63, 3.8) is 0 Å². The van der Waals surface area contributed by atoms with Crippen LogP contribution in [0.25, 0.3) is 0 Å². The van der Waals surface area contributed by atoms with Crippen molar-refractivity contribution in [2.24, 2.45) is 0 Å². The maximum atomic E-state index is 4.38. The summed E-state index contributed by atoms with van der Waals surface area (Å²) in [5, 5.41) is 0. The average molecular weight is 190 g/mol. The highest BCUT2D eigenvalue weighted by atomic mass is 15.3. The van der Waals surface area contributed by atoms with E-state index in [0.717, 1.165) is 32.0 Å². The van der Waals surface area contributed by atoms with Gasteiger partial charge in [-0.2, -0.15) is 0 Å². The smallest absolute Gasteiger partial charge is 0.131 e. The second kappa shape index (κ2) is 3.96. The molecule has 2 heterocycles. The van der Waals surface area contributed by atoms with Crippen molar-refractivity contribution < 1.29 is 0 Å². The number of rotatable bonds is 1. The van der Waals surface area contributed by atoms with Crippen LogP contribution in [0.5, 0.6) is 0 Å². The third kappa shape index (κ3) is 1.87. The predicted octanol–water partition coefficient (Wildman–Crippen LogP) is 0.942. The summed E-state index contributed by atoms with van der Waals surface area (Å²) in [6, 6.07) is 5.00. The fourth-order valence-corrected chi connectivity index (χ4v) is 1.78. The van der Waals surface area contributed by atoms with E-state index >= 15 is 0 Å². The van der Waals surface area contributed by atoms with E-state index in [1.165, 1.54) is 5.56 Å². The summed E-state index contributed by atoms with van der Waals surface area (Å²) >= 11 is 0. The van der Waals surface area contributed by atoms with Gasteiger partial charge in [0.25, 0.3) is 0 Å². The number of pyridine rings is 1. The molecule has 0 amide bonds. The molecule has 75 valence electrons. The molecule has 0 atom stereocenters. The van der Waals surface area contributed by atoms with E-state index in [1.54, 1.807) is 6.20 Å². The maximum absolute atomic E-state index is 4.38. The summed E-state index contributed by atoms with van der Waals surface area (Å²) in [5.74, 6) is 1.12. The molecule has 3 nitrogen and oxygen atoms in total. The maximum Gasteiger partial charge on any atom is 0.131 e. The summed E-state index contributed by atoms with van der Waals surface area (Å²) in [6.07, 6.45) is 1.75. The van der Waals surface area contributed by atoms with Crippen molar-refractivity contribution in [3.8, 4) is 0 Å². The molecule has 0 N–H and O–H groups in total. The van der Waals surface area contributed by atoms with Crippen molar-refractivity contribution in [1.29, 1.82) is 0 Å². The van der Waals surface area contributed by atoms with Gasteiger partial charge in [-0.1, -0.05) is 0 Å². The van der Waals surface area contributed by atoms with Crippen LogP contribution >= 0.6 is 0 Å². The molecule has 0 bridgehead atoms. The van der Waals surface area contributed by atoms with E-state index in [2.05, 4.69) is 34.8 Å². The monoisotopic (exact) mass is 190 g/mol. The van der Waals surface area contributed by atoms with Gasteiger partial charge < -0.3 is 9.80 Å². The van der Waals surface area contributed by atoms with Gasteiger partial charge >= 0.3 is 0 Å². The summed E-state index contributed by atoms with van der Waals surface area (Å²) < 4.78 is 0. The summed E-state index contributed by atoms with van der Waals surface area (Å²) in [7, 11) is 2.16. The fraction of sp³-hybridized carbons (Fsp3) is 0.545. The number of hydrogen-bond donors (Lipinski definition) is 0. The minimum absolute atomic E-state index is 1.08. The average Bonchev–Trinajstić information content (AvgIpc) is 2.20. The van der Waals surface area contributed by atoms with E-state index in [-0.39, 0.29) is 0 Å². The first-order valence-electron chi connectivity index (χ1n) is 5.03. The van der Waals surface area contributed by atoms with Crippen LogP contribution in [0.4, 0.5) is 5.82 Å². The molecule has 1 fully saturated rings. The molecule has 0 aromatic carbocycles. The number of piperazine rings is 1. The zero-order valence-corrected chi connectivity index (χ0v) is 8.82. The molecule has 14 heavy (non-hydrogen) atoms. The van der Waals surface area contributed by atoms with Gasteiger partial charge in [0.1, 0.15) is 5.82 Å². The SMILES string of the molecule is Cc1c[c]cnc1N1CCN(C)CC1. The van der Waals surface area contributed by atoms with Crippen LogP contribution in [-0.4, -0.2) is 43.1 Å². The normalized spacial score (nSPS) is 18.6. The number of nitrogens with zero attached hydrogens (tertiary/aromatic N) is 3. The number of hydrogen-bond acceptors (Lipinski definition) is 3. The van der Waals surface area contributed by atoms with Crippen LogP contribution in [0.3, 0.4) is 0 Å². The van der Waals surface area contributed by atoms with E-state index in [0.29, 0.717) is 0 Å². The molecule has 0 aliphatic carbocycles. The van der Waals surface area contributed by atoms with Crippen molar-refractivity contribution in [1.82, 2.24) is 9.88 Å². The molecule has 1 aliphatic rings. The molecule has 1 saturated heterocycles. The highest BCUT2D eigenvalue weighted by Gasteiger charge is 2.16. The predicted molar refractivity (Wildman–Crippen MR) is 57.5 cm³/mol. The molecule has 0 unspecified atom stereocenters. The first kappa shape index (κ1) is 9.46. The molecule has 2 rings (SSSR count). The van der Waals surface area contributed by atoms with E-state index in [1.807, 2.05) is 6.07 Å². The molecule has 3 heteroatoms. The summed E-state index contributed by atoms with van der Waals surface area (Å²) in [4.78, 5) is 9.08. The topological polar surface area (TPSA) is 19.4 Å². The van der Waals surface area contributed by atoms with Crippen LogP contribution in [0.15, 0.2) is 12.3 Å². The minimum Gasteiger partial charge on any atom is -0.354 e. The van der Waals surface area contributed by atoms with Gasteiger partial charge in [-0.05, 0) is 25.6 Å². The van der Waals surface area contributed by atoms with Crippen molar-refractivity contribution >= 4 is 5.82 Å². The lowest BCUT2D eigenvalue weighted by Gasteiger charge is -2.33. The summed E-state index contributed by atoms with van der Waals surface area (Å²) in [5.41, 5.74) is 1.22. The first-order chi connectivity index (χ1) is 6.77. The lowest BCUT2D eigenvalue weighted by Crippen LogP contribution is -2.45. The van der Waals surface area contributed by atoms with Crippen LogP contribution in [0, 0.1) is 13.0 Å². The van der Waals surface area contributed by atoms with Gasteiger partial charge in [-0.15, -0.1) is 0 Å². The van der Waals surface area contributed by atoms with Crippen molar-refractivity contribution in [2.45, 2.75) is 6.92 Å². The van der Waals surface area contributed by atoms with Crippen LogP contribution < -0.4 is 4.90 Å². The second-order valence-electron chi connectivity index (χ2n) is 3.87. The molecule has 0 spiro atoms. The van der Waals surface area contributed by atoms with Crippen LogP contribution in [0.1, 0.15) is 5.56 Å². The van der Waals surface area contributed by atoms with E-state index in [9.17, 15) is 0 Å². The Balaban J connectivity index is 2.12. The highest BCUT2D eigenvalue weighted by molar-refractivity contribution is 5.45. The number of anilines is 1. The van der Waals surface area contributed by atoms with E-state index in [4.69, 9.17) is 0 Å². The lowest BCUT2D eigenvalue weighted by atomic mass is 10.2. The molecule has 1 aromatic heterocycles. The molecule has 1 radical (unpaired) electrons. The molecule has 0 saturated carbocycles. The van der Waals surface area contributed by atoms with Gasteiger partial charge in [0.05, 0.1) is 0 Å². The largest absolute Gasteiger partial charge is 0.354 e. The molecule has 1 aromatic rings. The molecule has 1 aliphatic heterocycles. The Morgan fingerprint density at radius 3 is 2.64 bits per heavy atom. The molecular weight excluding hydrogens is 174 g/mol. The third-order valence-corrected chi connectivity index (χ3v) is 2.72. The quantitative estimate of drug-likeness (QED) is 0.657. The van der Waals surface area contributed by atoms with Crippen LogP contribution in [0.2, 0.25) is 0 Å². The van der Waals surface area contributed by atoms with Gasteiger partial charge in [0.15, 0.2) is 0 Å². The van der Waals surface area contributed by atoms with Gasteiger partial charge in [0.2, 0.25) is 0 Å². The van der Waals surface area contributed by atoms with E-state index < -0.39 is 0 Å². The zero-order chi connectivity index (χ0) is 9.97. The first-order valence-corrected chi connectivity index (χ1v) is 5.03. The Labute approximate surface area is 85.4 Å². The number of aromatic nitrogens is 1. The Hall–Kier alpha value is -1.09. The Morgan fingerprint density at radius 2 is 2.00 bits per heavy atom. The second-order valence-corrected chi connectivity index (χ2v) is 3.87. The zero-order valence-electron chi connectivity index (χ0n) is 8.82. The summed E-state index contributed by atoms with van der Waals surface area (Å²) in [6.45, 7) is 6.50. The van der Waals surface area contributed by atoms with Crippen LogP contribution in [-0.2, 0) is 0 Å². The fourth-order valence-electron chi connectivity index (χ4n) is 1.78. The number of likely N-dealkylation sites (N-methyl/N-ethyl adjacent to an activating group) is 1. The third-order valence-electron chi connectivity index (χ3n) is 2.72. The molecular formula is C11H16N3. The Bertz CT molecular complexity index is 303. The Kier molecular flexibility index (Phi) is 2.68. The van der Waals surface area contributed by atoms with Crippen molar-refractivity contribution in [3.05, 3.63) is 23.9 Å². The van der Waals surface area contributed by atoms with Gasteiger partial charge in [-0.25, -0.2) is 4.98 Å². The van der Waals surface area contributed by atoms with Gasteiger partial charge in [-0.3, -0.25) is 0 Å². The lowest BCUT2D eigenvalue weighted by molar-refractivity contribution is 0.312. The highest BCUT2D eigenvalue weighted by Crippen LogP contribution is 2.16. The van der Waals surface area contributed by atoms with Gasteiger partial charge in [0, 0.05) is 38.4 Å². The van der Waals surface area contributed by atoms with Crippen molar-refractivity contribution in [2.75, 3.05) is 38.1 Å². The Morgan fingerprint density at radius 1 is 1.29 bits per heavy atom. The minimum atomic E-state index is 1.08. The standard InChI is InChI=1S/C11H16N3/c1-10-4-3-5-12-11(10)14-8-6-13(2)7-9-14/h4-5H,6-9H2,1-2H3. The number of aryl methyl sites for hydroxylation is 1.